The summed E-state index contributed by atoms with van der Waals surface area (Å²) in [4.78, 5) is 13.0. The molecule has 0 aliphatic carbocycles. The van der Waals surface area contributed by atoms with Crippen LogP contribution in [-0.4, -0.2) is 28.9 Å². The third-order valence-corrected chi connectivity index (χ3v) is 3.36. The van der Waals surface area contributed by atoms with E-state index in [0.29, 0.717) is 5.88 Å². The Kier molecular flexibility index (Phi) is 2.73. The van der Waals surface area contributed by atoms with Crippen molar-refractivity contribution in [3.05, 3.63) is 24.3 Å². The Morgan fingerprint density at radius 3 is 2.47 bits per heavy atom. The van der Waals surface area contributed by atoms with Crippen LogP contribution in [0.4, 0.5) is 5.69 Å². The van der Waals surface area contributed by atoms with E-state index in [1.165, 1.54) is 4.90 Å². The lowest BCUT2D eigenvalue weighted by Crippen LogP contribution is -2.24. The van der Waals surface area contributed by atoms with Crippen molar-refractivity contribution in [1.82, 2.24) is 0 Å². The number of hydrogen-bond acceptors (Lipinski definition) is 3. The van der Waals surface area contributed by atoms with Crippen molar-refractivity contribution in [3.63, 3.8) is 0 Å². The van der Waals surface area contributed by atoms with Gasteiger partial charge >= 0.3 is 0 Å². The second kappa shape index (κ2) is 4.02. The van der Waals surface area contributed by atoms with E-state index >= 15 is 0 Å². The molecule has 0 saturated carbocycles. The number of carbonyl (C=O) groups excluding carboxylic acids is 1. The van der Waals surface area contributed by atoms with Crippen LogP contribution >= 0.6 is 0 Å². The summed E-state index contributed by atoms with van der Waals surface area (Å²) in [5.74, 6) is 1.09. The molecule has 0 N–H and O–H groups in total. The van der Waals surface area contributed by atoms with Crippen LogP contribution in [0.1, 0.15) is 0 Å². The van der Waals surface area contributed by atoms with Gasteiger partial charge in [-0.2, -0.15) is 0 Å². The lowest BCUT2D eigenvalue weighted by Gasteiger charge is -2.14. The summed E-state index contributed by atoms with van der Waals surface area (Å²) in [5.41, 5.74) is 0.770. The van der Waals surface area contributed by atoms with Gasteiger partial charge < -0.3 is 4.74 Å². The van der Waals surface area contributed by atoms with E-state index < -0.39 is 10.8 Å². The smallest absolute Gasteiger partial charge is 0.240 e. The second-order valence-electron chi connectivity index (χ2n) is 3.23. The van der Waals surface area contributed by atoms with Crippen molar-refractivity contribution in [1.29, 1.82) is 0 Å². The van der Waals surface area contributed by atoms with Crippen molar-refractivity contribution in [2.24, 2.45) is 0 Å². The molecule has 2 rings (SSSR count). The monoisotopic (exact) mass is 225 g/mol. The highest BCUT2D eigenvalue weighted by Gasteiger charge is 2.27. The van der Waals surface area contributed by atoms with Crippen LogP contribution in [0.2, 0.25) is 0 Å². The van der Waals surface area contributed by atoms with Crippen LogP contribution in [0.25, 0.3) is 0 Å². The van der Waals surface area contributed by atoms with Gasteiger partial charge in [-0.15, -0.1) is 0 Å². The van der Waals surface area contributed by atoms with Crippen LogP contribution in [-0.2, 0) is 15.6 Å². The highest BCUT2D eigenvalue weighted by atomic mass is 32.2. The van der Waals surface area contributed by atoms with Crippen LogP contribution in [0.5, 0.6) is 5.75 Å². The molecule has 0 spiro atoms. The van der Waals surface area contributed by atoms with Gasteiger partial charge in [0.25, 0.3) is 0 Å². The van der Waals surface area contributed by atoms with Crippen molar-refractivity contribution in [3.8, 4) is 5.75 Å². The minimum Gasteiger partial charge on any atom is -0.497 e. The third-order valence-electron chi connectivity index (χ3n) is 2.24. The topological polar surface area (TPSA) is 46.6 Å². The van der Waals surface area contributed by atoms with Gasteiger partial charge in [-0.1, -0.05) is 0 Å². The zero-order chi connectivity index (χ0) is 10.8. The van der Waals surface area contributed by atoms with Crippen molar-refractivity contribution in [2.75, 3.05) is 23.6 Å². The molecule has 1 aliphatic rings. The van der Waals surface area contributed by atoms with Crippen molar-refractivity contribution in [2.45, 2.75) is 0 Å². The standard InChI is InChI=1S/C10H11NO3S/c1-14-9-4-2-8(3-5-9)11-7-15(13)6-10(11)12/h2-5H,6-7H2,1H3/t15-/m0/s1. The van der Waals surface area contributed by atoms with E-state index in [9.17, 15) is 9.00 Å². The molecule has 0 unspecified atom stereocenters. The lowest BCUT2D eigenvalue weighted by molar-refractivity contribution is -0.115. The average Bonchev–Trinajstić information content (AvgIpc) is 2.58. The molecule has 1 atom stereocenters. The molecule has 80 valence electrons. The molecule has 1 heterocycles. The summed E-state index contributed by atoms with van der Waals surface area (Å²) >= 11 is 0. The maximum atomic E-state index is 11.4. The Bertz CT molecular complexity index is 402. The Balaban J connectivity index is 2.22. The van der Waals surface area contributed by atoms with Crippen LogP contribution in [0, 0.1) is 0 Å². The fraction of sp³-hybridized carbons (Fsp3) is 0.300. The molecular formula is C10H11NO3S. The third kappa shape index (κ3) is 2.02. The number of nitrogens with zero attached hydrogens (tertiary/aromatic N) is 1. The number of hydrogen-bond donors (Lipinski definition) is 0. The van der Waals surface area contributed by atoms with E-state index in [2.05, 4.69) is 0 Å². The van der Waals surface area contributed by atoms with Crippen LogP contribution in [0.15, 0.2) is 24.3 Å². The number of benzene rings is 1. The number of anilines is 1. The van der Waals surface area contributed by atoms with Gasteiger partial charge in [0, 0.05) is 5.69 Å². The minimum absolute atomic E-state index is 0.0847. The zero-order valence-corrected chi connectivity index (χ0v) is 9.12. The predicted octanol–water partition coefficient (Wildman–Crippen LogP) is 0.748. The normalized spacial score (nSPS) is 20.7. The number of rotatable bonds is 2. The van der Waals surface area contributed by atoms with E-state index in [1.807, 2.05) is 0 Å². The summed E-state index contributed by atoms with van der Waals surface area (Å²) < 4.78 is 16.2. The van der Waals surface area contributed by atoms with Crippen molar-refractivity contribution >= 4 is 22.4 Å². The number of carbonyl (C=O) groups is 1. The molecule has 0 bridgehead atoms. The van der Waals surface area contributed by atoms with Crippen molar-refractivity contribution < 1.29 is 13.7 Å². The summed E-state index contributed by atoms with van der Waals surface area (Å²) in [7, 11) is 0.543. The average molecular weight is 225 g/mol. The number of ether oxygens (including phenoxy) is 1. The molecule has 1 fully saturated rings. The van der Waals surface area contributed by atoms with Gasteiger partial charge in [0.05, 0.1) is 17.9 Å². The summed E-state index contributed by atoms with van der Waals surface area (Å²) in [6.07, 6.45) is 0. The fourth-order valence-corrected chi connectivity index (χ4v) is 2.56. The molecule has 4 nitrogen and oxygen atoms in total. The molecule has 5 heteroatoms. The Morgan fingerprint density at radius 1 is 1.33 bits per heavy atom. The van der Waals surface area contributed by atoms with Gasteiger partial charge in [0.15, 0.2) is 0 Å². The molecular weight excluding hydrogens is 214 g/mol. The number of amides is 1. The lowest BCUT2D eigenvalue weighted by atomic mass is 10.3. The molecule has 0 radical (unpaired) electrons. The Hall–Kier alpha value is -1.36. The molecule has 1 saturated heterocycles. The highest BCUT2D eigenvalue weighted by molar-refractivity contribution is 7.86. The van der Waals surface area contributed by atoms with Gasteiger partial charge in [0.1, 0.15) is 17.4 Å². The minimum atomic E-state index is -1.05. The fourth-order valence-electron chi connectivity index (χ4n) is 1.46. The predicted molar refractivity (Wildman–Crippen MR) is 58.4 cm³/mol. The molecule has 1 aromatic carbocycles. The van der Waals surface area contributed by atoms with Gasteiger partial charge in [-0.3, -0.25) is 13.9 Å². The number of methoxy groups -OCH3 is 1. The molecule has 15 heavy (non-hydrogen) atoms. The largest absolute Gasteiger partial charge is 0.497 e. The first-order valence-electron chi connectivity index (χ1n) is 4.50. The zero-order valence-electron chi connectivity index (χ0n) is 8.30. The van der Waals surface area contributed by atoms with E-state index in [1.54, 1.807) is 31.4 Å². The first kappa shape index (κ1) is 10.2. The quantitative estimate of drug-likeness (QED) is 0.746. The van der Waals surface area contributed by atoms with Crippen LogP contribution in [0.3, 0.4) is 0 Å². The Labute approximate surface area is 90.3 Å². The molecule has 1 aliphatic heterocycles. The summed E-state index contributed by atoms with van der Waals surface area (Å²) in [6, 6.07) is 7.15. The summed E-state index contributed by atoms with van der Waals surface area (Å²) in [5, 5.41) is 0. The maximum Gasteiger partial charge on any atom is 0.240 e. The Morgan fingerprint density at radius 2 is 2.00 bits per heavy atom. The van der Waals surface area contributed by atoms with Gasteiger partial charge in [-0.25, -0.2) is 0 Å². The first-order valence-corrected chi connectivity index (χ1v) is 5.99. The van der Waals surface area contributed by atoms with E-state index in [0.717, 1.165) is 11.4 Å². The van der Waals surface area contributed by atoms with Crippen LogP contribution < -0.4 is 9.64 Å². The highest BCUT2D eigenvalue weighted by Crippen LogP contribution is 2.22. The van der Waals surface area contributed by atoms with Gasteiger partial charge in [-0.05, 0) is 24.3 Å². The van der Waals surface area contributed by atoms with Gasteiger partial charge in [0.2, 0.25) is 5.91 Å². The SMILES string of the molecule is COc1ccc(N2C[S@@](=O)CC2=O)cc1. The van der Waals surface area contributed by atoms with E-state index in [4.69, 9.17) is 4.74 Å². The molecule has 0 aromatic heterocycles. The van der Waals surface area contributed by atoms with E-state index in [-0.39, 0.29) is 11.7 Å². The second-order valence-corrected chi connectivity index (χ2v) is 4.66. The molecule has 1 aromatic rings. The molecule has 1 amide bonds. The first-order chi connectivity index (χ1) is 7.20. The summed E-state index contributed by atoms with van der Waals surface area (Å²) in [6.45, 7) is 0. The maximum absolute atomic E-state index is 11.4.